The molecule has 2 aromatic rings. The third-order valence-corrected chi connectivity index (χ3v) is 3.65. The van der Waals surface area contributed by atoms with Gasteiger partial charge in [0.05, 0.1) is 27.9 Å². The van der Waals surface area contributed by atoms with Gasteiger partial charge in [0.15, 0.2) is 11.5 Å². The summed E-state index contributed by atoms with van der Waals surface area (Å²) >= 11 is 0. The predicted octanol–water partition coefficient (Wildman–Crippen LogP) is 2.75. The van der Waals surface area contributed by atoms with Crippen molar-refractivity contribution >= 4 is 11.6 Å². The summed E-state index contributed by atoms with van der Waals surface area (Å²) in [4.78, 5) is 12.1. The van der Waals surface area contributed by atoms with Crippen LogP contribution in [-0.2, 0) is 11.3 Å². The minimum absolute atomic E-state index is 0.151. The predicted molar refractivity (Wildman–Crippen MR) is 97.6 cm³/mol. The van der Waals surface area contributed by atoms with Gasteiger partial charge in [-0.25, -0.2) is 0 Å². The smallest absolute Gasteiger partial charge is 0.238 e. The summed E-state index contributed by atoms with van der Waals surface area (Å²) in [7, 11) is 4.60. The van der Waals surface area contributed by atoms with Crippen LogP contribution in [-0.4, -0.2) is 33.8 Å². The number of carbonyl (C=O) groups excluding carboxylic acids is 1. The fourth-order valence-corrected chi connectivity index (χ4v) is 2.50. The van der Waals surface area contributed by atoms with Crippen LogP contribution in [0.25, 0.3) is 0 Å². The number of benzene rings is 2. The number of rotatable bonds is 8. The lowest BCUT2D eigenvalue weighted by Gasteiger charge is -2.14. The number of methoxy groups -OCH3 is 3. The molecule has 0 unspecified atom stereocenters. The average Bonchev–Trinajstić information content (AvgIpc) is 2.60. The van der Waals surface area contributed by atoms with Crippen LogP contribution in [0.1, 0.15) is 11.1 Å². The number of anilines is 1. The Balaban J connectivity index is 1.95. The van der Waals surface area contributed by atoms with E-state index in [0.29, 0.717) is 29.5 Å². The van der Waals surface area contributed by atoms with Crippen molar-refractivity contribution in [2.75, 3.05) is 33.2 Å². The van der Waals surface area contributed by atoms with Gasteiger partial charge < -0.3 is 24.8 Å². The Morgan fingerprint density at radius 1 is 1.00 bits per heavy atom. The van der Waals surface area contributed by atoms with E-state index < -0.39 is 0 Å². The van der Waals surface area contributed by atoms with Crippen molar-refractivity contribution in [3.05, 3.63) is 47.5 Å². The summed E-state index contributed by atoms with van der Waals surface area (Å²) in [5.74, 6) is 1.32. The fraction of sp³-hybridized carbons (Fsp3) is 0.316. The van der Waals surface area contributed by atoms with Gasteiger partial charge in [0.2, 0.25) is 11.7 Å². The number of ether oxygens (including phenoxy) is 3. The number of nitrogens with one attached hydrogen (secondary N) is 2. The lowest BCUT2D eigenvalue weighted by atomic mass is 10.1. The number of aryl methyl sites for hydroxylation is 1. The fourth-order valence-electron chi connectivity index (χ4n) is 2.50. The van der Waals surface area contributed by atoms with E-state index in [1.807, 2.05) is 25.1 Å². The van der Waals surface area contributed by atoms with E-state index in [-0.39, 0.29) is 12.5 Å². The highest BCUT2D eigenvalue weighted by atomic mass is 16.5. The zero-order valence-electron chi connectivity index (χ0n) is 15.0. The minimum atomic E-state index is -0.151. The first-order chi connectivity index (χ1) is 12.1. The maximum Gasteiger partial charge on any atom is 0.238 e. The molecule has 1 amide bonds. The zero-order chi connectivity index (χ0) is 18.2. The maximum absolute atomic E-state index is 12.1. The monoisotopic (exact) mass is 344 g/mol. The van der Waals surface area contributed by atoms with E-state index in [1.54, 1.807) is 12.1 Å². The second-order valence-corrected chi connectivity index (χ2v) is 5.55. The van der Waals surface area contributed by atoms with Crippen LogP contribution < -0.4 is 24.8 Å². The van der Waals surface area contributed by atoms with Crippen LogP contribution in [0, 0.1) is 6.92 Å². The van der Waals surface area contributed by atoms with Crippen molar-refractivity contribution in [2.45, 2.75) is 13.5 Å². The Morgan fingerprint density at radius 3 is 2.24 bits per heavy atom. The molecule has 0 aromatic heterocycles. The Kier molecular flexibility index (Phi) is 6.65. The summed E-state index contributed by atoms with van der Waals surface area (Å²) in [6, 6.07) is 11.5. The van der Waals surface area contributed by atoms with Crippen molar-refractivity contribution in [2.24, 2.45) is 0 Å². The van der Waals surface area contributed by atoms with Crippen molar-refractivity contribution in [1.82, 2.24) is 5.32 Å². The molecule has 0 spiro atoms. The van der Waals surface area contributed by atoms with Crippen LogP contribution in [0.3, 0.4) is 0 Å². The molecule has 2 N–H and O–H groups in total. The Hall–Kier alpha value is -2.73. The van der Waals surface area contributed by atoms with Gasteiger partial charge in [-0.05, 0) is 12.5 Å². The van der Waals surface area contributed by atoms with E-state index in [1.165, 1.54) is 26.9 Å². The maximum atomic E-state index is 12.1. The summed E-state index contributed by atoms with van der Waals surface area (Å²) in [5, 5.41) is 5.95. The number of hydrogen-bond donors (Lipinski definition) is 2. The molecule has 0 aliphatic rings. The third kappa shape index (κ3) is 5.12. The summed E-state index contributed by atoms with van der Waals surface area (Å²) < 4.78 is 15.8. The van der Waals surface area contributed by atoms with Gasteiger partial charge in [-0.3, -0.25) is 4.79 Å². The van der Waals surface area contributed by atoms with E-state index in [0.717, 1.165) is 5.56 Å². The molecule has 25 heavy (non-hydrogen) atoms. The lowest BCUT2D eigenvalue weighted by molar-refractivity contribution is -0.115. The molecule has 0 saturated heterocycles. The molecule has 0 aliphatic carbocycles. The molecule has 134 valence electrons. The van der Waals surface area contributed by atoms with Crippen molar-refractivity contribution in [3.8, 4) is 17.2 Å². The molecular formula is C19H24N2O4. The van der Waals surface area contributed by atoms with Crippen molar-refractivity contribution < 1.29 is 19.0 Å². The first-order valence-electron chi connectivity index (χ1n) is 7.93. The standard InChI is InChI=1S/C19H24N2O4/c1-13-6-5-7-14(8-13)11-20-12-18(22)21-15-9-16(23-2)19(25-4)17(10-15)24-3/h5-10,20H,11-12H2,1-4H3,(H,21,22). The first-order valence-corrected chi connectivity index (χ1v) is 7.93. The molecule has 6 nitrogen and oxygen atoms in total. The van der Waals surface area contributed by atoms with Crippen LogP contribution in [0.5, 0.6) is 17.2 Å². The largest absolute Gasteiger partial charge is 0.493 e. The molecular weight excluding hydrogens is 320 g/mol. The van der Waals surface area contributed by atoms with E-state index in [2.05, 4.69) is 16.7 Å². The number of amides is 1. The summed E-state index contributed by atoms with van der Waals surface area (Å²) in [6.07, 6.45) is 0. The second-order valence-electron chi connectivity index (χ2n) is 5.55. The Morgan fingerprint density at radius 2 is 1.68 bits per heavy atom. The highest BCUT2D eigenvalue weighted by Crippen LogP contribution is 2.39. The summed E-state index contributed by atoms with van der Waals surface area (Å²) in [5.41, 5.74) is 2.92. The molecule has 0 radical (unpaired) electrons. The van der Waals surface area contributed by atoms with Crippen LogP contribution in [0.15, 0.2) is 36.4 Å². The van der Waals surface area contributed by atoms with Crippen LogP contribution >= 0.6 is 0 Å². The van der Waals surface area contributed by atoms with Gasteiger partial charge in [-0.1, -0.05) is 29.8 Å². The van der Waals surface area contributed by atoms with Crippen LogP contribution in [0.2, 0.25) is 0 Å². The molecule has 0 bridgehead atoms. The normalized spacial score (nSPS) is 10.2. The highest BCUT2D eigenvalue weighted by molar-refractivity contribution is 5.93. The van der Waals surface area contributed by atoms with E-state index >= 15 is 0 Å². The molecule has 2 rings (SSSR count). The minimum Gasteiger partial charge on any atom is -0.493 e. The quantitative estimate of drug-likeness (QED) is 0.771. The number of hydrogen-bond acceptors (Lipinski definition) is 5. The Labute approximate surface area is 148 Å². The van der Waals surface area contributed by atoms with Crippen LogP contribution in [0.4, 0.5) is 5.69 Å². The summed E-state index contributed by atoms with van der Waals surface area (Å²) in [6.45, 7) is 2.87. The molecule has 0 atom stereocenters. The lowest BCUT2D eigenvalue weighted by Crippen LogP contribution is -2.27. The molecule has 6 heteroatoms. The van der Waals surface area contributed by atoms with Gasteiger partial charge in [0, 0.05) is 24.4 Å². The van der Waals surface area contributed by atoms with Gasteiger partial charge in [-0.2, -0.15) is 0 Å². The highest BCUT2D eigenvalue weighted by Gasteiger charge is 2.14. The molecule has 0 aliphatic heterocycles. The molecule has 0 fully saturated rings. The van der Waals surface area contributed by atoms with Gasteiger partial charge in [0.1, 0.15) is 0 Å². The van der Waals surface area contributed by atoms with Crippen molar-refractivity contribution in [1.29, 1.82) is 0 Å². The Bertz CT molecular complexity index is 706. The first kappa shape index (κ1) is 18.6. The van der Waals surface area contributed by atoms with E-state index in [4.69, 9.17) is 14.2 Å². The van der Waals surface area contributed by atoms with E-state index in [9.17, 15) is 4.79 Å². The number of carbonyl (C=O) groups is 1. The second kappa shape index (κ2) is 8.94. The average molecular weight is 344 g/mol. The van der Waals surface area contributed by atoms with Gasteiger partial charge >= 0.3 is 0 Å². The molecule has 0 heterocycles. The SMILES string of the molecule is COc1cc(NC(=O)CNCc2cccc(C)c2)cc(OC)c1OC. The van der Waals surface area contributed by atoms with Crippen molar-refractivity contribution in [3.63, 3.8) is 0 Å². The molecule has 2 aromatic carbocycles. The zero-order valence-corrected chi connectivity index (χ0v) is 15.0. The van der Waals surface area contributed by atoms with Gasteiger partial charge in [0.25, 0.3) is 0 Å². The topological polar surface area (TPSA) is 68.8 Å². The van der Waals surface area contributed by atoms with Gasteiger partial charge in [-0.15, -0.1) is 0 Å². The third-order valence-electron chi connectivity index (χ3n) is 3.65. The molecule has 0 saturated carbocycles.